The molecule has 1 aliphatic heterocycles. The molecule has 0 atom stereocenters. The summed E-state index contributed by atoms with van der Waals surface area (Å²) in [6, 6.07) is 4.79. The van der Waals surface area contributed by atoms with Gasteiger partial charge in [0.1, 0.15) is 5.75 Å². The highest BCUT2D eigenvalue weighted by Crippen LogP contribution is 2.17. The Morgan fingerprint density at radius 3 is 2.70 bits per heavy atom. The standard InChI is InChI=1S/C17H25N3O3/c1-12-3-4-14(21)11-15(12)17(23)19-7-2-8-20-9-5-13(6-10-20)16(18)22/h3-4,11,13,21H,2,5-10H2,1H3,(H2,18,22)(H,19,23). The smallest absolute Gasteiger partial charge is 0.251 e. The van der Waals surface area contributed by atoms with Gasteiger partial charge in [0, 0.05) is 18.0 Å². The molecular weight excluding hydrogens is 294 g/mol. The highest BCUT2D eigenvalue weighted by atomic mass is 16.3. The number of amides is 2. The summed E-state index contributed by atoms with van der Waals surface area (Å²) in [5, 5.41) is 12.4. The molecule has 6 heteroatoms. The zero-order valence-electron chi connectivity index (χ0n) is 13.5. The number of likely N-dealkylation sites (tertiary alicyclic amines) is 1. The van der Waals surface area contributed by atoms with Crippen molar-refractivity contribution >= 4 is 11.8 Å². The summed E-state index contributed by atoms with van der Waals surface area (Å²) >= 11 is 0. The summed E-state index contributed by atoms with van der Waals surface area (Å²) in [6.45, 7) is 5.09. The van der Waals surface area contributed by atoms with Gasteiger partial charge in [-0.15, -0.1) is 0 Å². The SMILES string of the molecule is Cc1ccc(O)cc1C(=O)NCCCN1CCC(C(N)=O)CC1. The number of primary amides is 1. The Morgan fingerprint density at radius 2 is 2.04 bits per heavy atom. The van der Waals surface area contributed by atoms with Crippen molar-refractivity contribution in [2.24, 2.45) is 11.7 Å². The van der Waals surface area contributed by atoms with Crippen molar-refractivity contribution in [1.82, 2.24) is 10.2 Å². The first-order valence-electron chi connectivity index (χ1n) is 8.07. The number of hydrogen-bond donors (Lipinski definition) is 3. The van der Waals surface area contributed by atoms with Crippen molar-refractivity contribution in [3.8, 4) is 5.75 Å². The first kappa shape index (κ1) is 17.3. The van der Waals surface area contributed by atoms with Gasteiger partial charge in [0.2, 0.25) is 5.91 Å². The van der Waals surface area contributed by atoms with E-state index in [-0.39, 0.29) is 23.5 Å². The van der Waals surface area contributed by atoms with E-state index in [9.17, 15) is 14.7 Å². The van der Waals surface area contributed by atoms with Crippen LogP contribution in [0.3, 0.4) is 0 Å². The molecule has 0 aliphatic carbocycles. The average molecular weight is 319 g/mol. The lowest BCUT2D eigenvalue weighted by molar-refractivity contribution is -0.123. The van der Waals surface area contributed by atoms with Crippen LogP contribution in [0.4, 0.5) is 0 Å². The summed E-state index contributed by atoms with van der Waals surface area (Å²) < 4.78 is 0. The Balaban J connectivity index is 1.69. The zero-order chi connectivity index (χ0) is 16.8. The first-order chi connectivity index (χ1) is 11.0. The number of aryl methyl sites for hydroxylation is 1. The Morgan fingerprint density at radius 1 is 1.35 bits per heavy atom. The van der Waals surface area contributed by atoms with E-state index >= 15 is 0 Å². The number of phenols is 1. The van der Waals surface area contributed by atoms with Crippen molar-refractivity contribution in [2.75, 3.05) is 26.2 Å². The van der Waals surface area contributed by atoms with Gasteiger partial charge in [0.05, 0.1) is 0 Å². The molecule has 1 saturated heterocycles. The van der Waals surface area contributed by atoms with Crippen LogP contribution in [0.1, 0.15) is 35.2 Å². The quantitative estimate of drug-likeness (QED) is 0.682. The number of piperidine rings is 1. The van der Waals surface area contributed by atoms with Gasteiger partial charge in [-0.25, -0.2) is 0 Å². The molecule has 0 bridgehead atoms. The molecule has 1 aromatic carbocycles. The van der Waals surface area contributed by atoms with E-state index in [4.69, 9.17) is 5.73 Å². The number of carbonyl (C=O) groups excluding carboxylic acids is 2. The average Bonchev–Trinajstić information content (AvgIpc) is 2.54. The zero-order valence-corrected chi connectivity index (χ0v) is 13.5. The maximum atomic E-state index is 12.1. The van der Waals surface area contributed by atoms with E-state index in [2.05, 4.69) is 10.2 Å². The van der Waals surface area contributed by atoms with E-state index < -0.39 is 0 Å². The molecular formula is C17H25N3O3. The van der Waals surface area contributed by atoms with Gasteiger partial charge in [-0.1, -0.05) is 6.07 Å². The van der Waals surface area contributed by atoms with Gasteiger partial charge in [-0.05, 0) is 63.5 Å². The van der Waals surface area contributed by atoms with Crippen LogP contribution >= 0.6 is 0 Å². The minimum Gasteiger partial charge on any atom is -0.508 e. The van der Waals surface area contributed by atoms with Gasteiger partial charge in [-0.3, -0.25) is 9.59 Å². The van der Waals surface area contributed by atoms with Gasteiger partial charge in [0.15, 0.2) is 0 Å². The Bertz CT molecular complexity index is 566. The fourth-order valence-electron chi connectivity index (χ4n) is 2.90. The van der Waals surface area contributed by atoms with Gasteiger partial charge in [-0.2, -0.15) is 0 Å². The molecule has 0 spiro atoms. The number of rotatable bonds is 6. The van der Waals surface area contributed by atoms with Crippen LogP contribution in [0.5, 0.6) is 5.75 Å². The predicted octanol–water partition coefficient (Wildman–Crippen LogP) is 1.02. The Labute approximate surface area is 136 Å². The number of aromatic hydroxyl groups is 1. The number of carbonyl (C=O) groups is 2. The number of benzene rings is 1. The molecule has 2 rings (SSSR count). The molecule has 6 nitrogen and oxygen atoms in total. The molecule has 1 aliphatic rings. The fourth-order valence-corrected chi connectivity index (χ4v) is 2.90. The number of nitrogens with one attached hydrogen (secondary N) is 1. The van der Waals surface area contributed by atoms with Crippen molar-refractivity contribution < 1.29 is 14.7 Å². The molecule has 0 radical (unpaired) electrons. The number of nitrogens with two attached hydrogens (primary N) is 1. The minimum atomic E-state index is -0.196. The van der Waals surface area contributed by atoms with E-state index in [1.54, 1.807) is 12.1 Å². The van der Waals surface area contributed by atoms with E-state index in [0.29, 0.717) is 12.1 Å². The molecule has 1 aromatic rings. The highest BCUT2D eigenvalue weighted by molar-refractivity contribution is 5.95. The molecule has 0 unspecified atom stereocenters. The third kappa shape index (κ3) is 4.96. The van der Waals surface area contributed by atoms with E-state index in [1.807, 2.05) is 6.92 Å². The van der Waals surface area contributed by atoms with Crippen molar-refractivity contribution in [1.29, 1.82) is 0 Å². The molecule has 23 heavy (non-hydrogen) atoms. The number of nitrogens with zero attached hydrogens (tertiary/aromatic N) is 1. The lowest BCUT2D eigenvalue weighted by Gasteiger charge is -2.30. The Hall–Kier alpha value is -2.08. The Kier molecular flexibility index (Phi) is 5.98. The topological polar surface area (TPSA) is 95.7 Å². The highest BCUT2D eigenvalue weighted by Gasteiger charge is 2.22. The molecule has 0 saturated carbocycles. The second-order valence-electron chi connectivity index (χ2n) is 6.13. The van der Waals surface area contributed by atoms with Crippen molar-refractivity contribution in [2.45, 2.75) is 26.2 Å². The molecule has 1 heterocycles. The summed E-state index contributed by atoms with van der Waals surface area (Å²) in [6.07, 6.45) is 2.50. The fraction of sp³-hybridized carbons (Fsp3) is 0.529. The summed E-state index contributed by atoms with van der Waals surface area (Å²) in [4.78, 5) is 25.5. The van der Waals surface area contributed by atoms with E-state index in [1.165, 1.54) is 6.07 Å². The minimum absolute atomic E-state index is 0.0136. The summed E-state index contributed by atoms with van der Waals surface area (Å²) in [5.41, 5.74) is 6.67. The van der Waals surface area contributed by atoms with Gasteiger partial charge >= 0.3 is 0 Å². The number of hydrogen-bond acceptors (Lipinski definition) is 4. The molecule has 4 N–H and O–H groups in total. The second kappa shape index (κ2) is 7.97. The van der Waals surface area contributed by atoms with Crippen LogP contribution < -0.4 is 11.1 Å². The van der Waals surface area contributed by atoms with Crippen LogP contribution in [0, 0.1) is 12.8 Å². The lowest BCUT2D eigenvalue weighted by atomic mass is 9.96. The number of phenolic OH excluding ortho intramolecular Hbond substituents is 1. The van der Waals surface area contributed by atoms with Crippen LogP contribution in [0.15, 0.2) is 18.2 Å². The van der Waals surface area contributed by atoms with Crippen LogP contribution in [0.25, 0.3) is 0 Å². The predicted molar refractivity (Wildman–Crippen MR) is 88.2 cm³/mol. The molecule has 2 amide bonds. The van der Waals surface area contributed by atoms with Gasteiger partial charge < -0.3 is 21.1 Å². The molecule has 0 aromatic heterocycles. The van der Waals surface area contributed by atoms with Crippen LogP contribution in [0.2, 0.25) is 0 Å². The lowest BCUT2D eigenvalue weighted by Crippen LogP contribution is -2.39. The van der Waals surface area contributed by atoms with Crippen molar-refractivity contribution in [3.05, 3.63) is 29.3 Å². The first-order valence-corrected chi connectivity index (χ1v) is 8.07. The molecule has 126 valence electrons. The summed E-state index contributed by atoms with van der Waals surface area (Å²) in [5.74, 6) is -0.248. The second-order valence-corrected chi connectivity index (χ2v) is 6.13. The maximum Gasteiger partial charge on any atom is 0.251 e. The van der Waals surface area contributed by atoms with E-state index in [0.717, 1.165) is 44.5 Å². The monoisotopic (exact) mass is 319 g/mol. The van der Waals surface area contributed by atoms with Gasteiger partial charge in [0.25, 0.3) is 5.91 Å². The summed E-state index contributed by atoms with van der Waals surface area (Å²) in [7, 11) is 0. The van der Waals surface area contributed by atoms with Crippen LogP contribution in [-0.4, -0.2) is 48.0 Å². The largest absolute Gasteiger partial charge is 0.508 e. The maximum absolute atomic E-state index is 12.1. The third-order valence-corrected chi connectivity index (χ3v) is 4.39. The van der Waals surface area contributed by atoms with Crippen LogP contribution in [-0.2, 0) is 4.79 Å². The molecule has 1 fully saturated rings. The van der Waals surface area contributed by atoms with Crippen molar-refractivity contribution in [3.63, 3.8) is 0 Å². The normalized spacial score (nSPS) is 16.2. The third-order valence-electron chi connectivity index (χ3n) is 4.39.